The summed E-state index contributed by atoms with van der Waals surface area (Å²) in [6.07, 6.45) is 0. The Bertz CT molecular complexity index is 651. The third kappa shape index (κ3) is 3.40. The Morgan fingerprint density at radius 2 is 2.24 bits per heavy atom. The number of nitrogens with zero attached hydrogens (tertiary/aromatic N) is 1. The maximum absolute atomic E-state index is 12.7. The Morgan fingerprint density at radius 3 is 2.86 bits per heavy atom. The summed E-state index contributed by atoms with van der Waals surface area (Å²) < 4.78 is 36.7. The molecule has 1 aromatic rings. The van der Waals surface area contributed by atoms with Crippen LogP contribution in [0.2, 0.25) is 5.02 Å². The lowest BCUT2D eigenvalue weighted by Gasteiger charge is -2.32. The van der Waals surface area contributed by atoms with E-state index in [4.69, 9.17) is 16.3 Å². The van der Waals surface area contributed by atoms with Crippen LogP contribution in [0.3, 0.4) is 0 Å². The number of carbonyl (C=O) groups is 1. The molecular formula is C12H13BrClNO5S. The summed E-state index contributed by atoms with van der Waals surface area (Å²) >= 11 is 9.06. The van der Waals surface area contributed by atoms with E-state index in [9.17, 15) is 13.2 Å². The standard InChI is InChI=1S/C12H13BrClNO5S/c1-19-12(16)11-7-20-5-4-15(11)21(17,18)8-2-3-10(14)9(13)6-8/h2-3,6,11H,4-5,7H2,1H3. The molecule has 0 aliphatic carbocycles. The Morgan fingerprint density at radius 1 is 1.52 bits per heavy atom. The van der Waals surface area contributed by atoms with Crippen molar-refractivity contribution in [1.29, 1.82) is 0 Å². The molecule has 1 heterocycles. The normalized spacial score (nSPS) is 20.2. The van der Waals surface area contributed by atoms with E-state index in [2.05, 4.69) is 20.7 Å². The highest BCUT2D eigenvalue weighted by atomic mass is 79.9. The Hall–Kier alpha value is -0.670. The molecule has 6 nitrogen and oxygen atoms in total. The predicted octanol–water partition coefficient (Wildman–Crippen LogP) is 1.67. The second kappa shape index (κ2) is 6.62. The van der Waals surface area contributed by atoms with Gasteiger partial charge in [-0.05, 0) is 34.1 Å². The van der Waals surface area contributed by atoms with E-state index >= 15 is 0 Å². The number of morpholine rings is 1. The van der Waals surface area contributed by atoms with Crippen molar-refractivity contribution in [2.75, 3.05) is 26.9 Å². The topological polar surface area (TPSA) is 72.9 Å². The third-order valence-corrected chi connectivity index (χ3v) is 6.17. The summed E-state index contributed by atoms with van der Waals surface area (Å²) in [5.74, 6) is -0.647. The summed E-state index contributed by atoms with van der Waals surface area (Å²) in [5.41, 5.74) is 0. The summed E-state index contributed by atoms with van der Waals surface area (Å²) in [6, 6.07) is 3.29. The number of hydrogen-bond donors (Lipinski definition) is 0. The maximum Gasteiger partial charge on any atom is 0.326 e. The molecule has 116 valence electrons. The number of carbonyl (C=O) groups excluding carboxylic acids is 1. The zero-order valence-electron chi connectivity index (χ0n) is 11.1. The molecule has 1 aromatic carbocycles. The molecule has 1 aliphatic rings. The largest absolute Gasteiger partial charge is 0.468 e. The lowest BCUT2D eigenvalue weighted by molar-refractivity contribution is -0.149. The Balaban J connectivity index is 2.40. The van der Waals surface area contributed by atoms with Crippen molar-refractivity contribution in [3.8, 4) is 0 Å². The van der Waals surface area contributed by atoms with Gasteiger partial charge >= 0.3 is 5.97 Å². The van der Waals surface area contributed by atoms with Gasteiger partial charge in [0.2, 0.25) is 10.0 Å². The van der Waals surface area contributed by atoms with Crippen molar-refractivity contribution in [2.45, 2.75) is 10.9 Å². The summed E-state index contributed by atoms with van der Waals surface area (Å²) in [4.78, 5) is 11.8. The fraction of sp³-hybridized carbons (Fsp3) is 0.417. The van der Waals surface area contributed by atoms with Gasteiger partial charge in [0.05, 0.1) is 30.2 Å². The highest BCUT2D eigenvalue weighted by molar-refractivity contribution is 9.10. The number of hydrogen-bond acceptors (Lipinski definition) is 5. The van der Waals surface area contributed by atoms with Gasteiger partial charge in [-0.25, -0.2) is 8.42 Å². The van der Waals surface area contributed by atoms with Gasteiger partial charge in [0, 0.05) is 11.0 Å². The van der Waals surface area contributed by atoms with E-state index in [1.165, 1.54) is 25.3 Å². The Kier molecular flexibility index (Phi) is 5.26. The minimum atomic E-state index is -3.84. The van der Waals surface area contributed by atoms with Gasteiger partial charge in [0.25, 0.3) is 0 Å². The van der Waals surface area contributed by atoms with Gasteiger partial charge in [0.15, 0.2) is 0 Å². The van der Waals surface area contributed by atoms with E-state index in [0.717, 1.165) is 4.31 Å². The lowest BCUT2D eigenvalue weighted by Crippen LogP contribution is -2.52. The summed E-state index contributed by atoms with van der Waals surface area (Å²) in [5, 5.41) is 0.403. The smallest absolute Gasteiger partial charge is 0.326 e. The van der Waals surface area contributed by atoms with Gasteiger partial charge in [-0.2, -0.15) is 4.31 Å². The van der Waals surface area contributed by atoms with Gasteiger partial charge in [0.1, 0.15) is 6.04 Å². The second-order valence-electron chi connectivity index (χ2n) is 4.31. The van der Waals surface area contributed by atoms with Crippen molar-refractivity contribution in [3.05, 3.63) is 27.7 Å². The predicted molar refractivity (Wildman–Crippen MR) is 79.7 cm³/mol. The highest BCUT2D eigenvalue weighted by Gasteiger charge is 2.39. The van der Waals surface area contributed by atoms with E-state index in [1.807, 2.05) is 0 Å². The number of methoxy groups -OCH3 is 1. The molecule has 0 N–H and O–H groups in total. The second-order valence-corrected chi connectivity index (χ2v) is 7.46. The van der Waals surface area contributed by atoms with E-state index < -0.39 is 22.0 Å². The first-order valence-corrected chi connectivity index (χ1v) is 8.61. The van der Waals surface area contributed by atoms with Gasteiger partial charge in [-0.1, -0.05) is 11.6 Å². The molecule has 0 saturated carbocycles. The molecule has 1 saturated heterocycles. The van der Waals surface area contributed by atoms with Crippen LogP contribution in [-0.2, 0) is 24.3 Å². The van der Waals surface area contributed by atoms with Crippen LogP contribution in [0, 0.1) is 0 Å². The van der Waals surface area contributed by atoms with Gasteiger partial charge in [-0.15, -0.1) is 0 Å². The summed E-state index contributed by atoms with van der Waals surface area (Å²) in [6.45, 7) is 0.282. The zero-order valence-corrected chi connectivity index (χ0v) is 14.2. The fourth-order valence-corrected chi connectivity index (χ4v) is 4.19. The number of esters is 1. The van der Waals surface area contributed by atoms with Crippen LogP contribution >= 0.6 is 27.5 Å². The minimum absolute atomic E-state index is 0.0271. The monoisotopic (exact) mass is 397 g/mol. The quantitative estimate of drug-likeness (QED) is 0.724. The van der Waals surface area contributed by atoms with E-state index in [0.29, 0.717) is 9.50 Å². The molecule has 1 fully saturated rings. The van der Waals surface area contributed by atoms with Crippen molar-refractivity contribution < 1.29 is 22.7 Å². The number of rotatable bonds is 3. The van der Waals surface area contributed by atoms with Gasteiger partial charge in [-0.3, -0.25) is 4.79 Å². The van der Waals surface area contributed by atoms with E-state index in [-0.39, 0.29) is 24.7 Å². The first kappa shape index (κ1) is 16.7. The van der Waals surface area contributed by atoms with Crippen LogP contribution in [0.15, 0.2) is 27.6 Å². The average molecular weight is 399 g/mol. The molecule has 0 bridgehead atoms. The van der Waals surface area contributed by atoms with Gasteiger partial charge < -0.3 is 9.47 Å². The first-order chi connectivity index (χ1) is 9.87. The molecule has 1 unspecified atom stereocenters. The van der Waals surface area contributed by atoms with Crippen LogP contribution in [0.4, 0.5) is 0 Å². The van der Waals surface area contributed by atoms with Crippen LogP contribution in [0.25, 0.3) is 0 Å². The number of ether oxygens (including phenoxy) is 2. The molecule has 2 rings (SSSR count). The molecule has 0 spiro atoms. The van der Waals surface area contributed by atoms with Crippen LogP contribution in [0.5, 0.6) is 0 Å². The number of sulfonamides is 1. The molecule has 9 heteroatoms. The number of halogens is 2. The molecule has 21 heavy (non-hydrogen) atoms. The third-order valence-electron chi connectivity index (χ3n) is 3.05. The van der Waals surface area contributed by atoms with Crippen molar-refractivity contribution >= 4 is 43.5 Å². The average Bonchev–Trinajstić information content (AvgIpc) is 2.49. The number of benzene rings is 1. The molecule has 0 aromatic heterocycles. The fourth-order valence-electron chi connectivity index (χ4n) is 1.97. The van der Waals surface area contributed by atoms with E-state index in [1.54, 1.807) is 0 Å². The first-order valence-electron chi connectivity index (χ1n) is 6.00. The van der Waals surface area contributed by atoms with Crippen LogP contribution < -0.4 is 0 Å². The maximum atomic E-state index is 12.7. The SMILES string of the molecule is COC(=O)C1COCCN1S(=O)(=O)c1ccc(Cl)c(Br)c1. The van der Waals surface area contributed by atoms with Crippen molar-refractivity contribution in [3.63, 3.8) is 0 Å². The lowest BCUT2D eigenvalue weighted by atomic mass is 10.3. The Labute approximate surface area is 136 Å². The minimum Gasteiger partial charge on any atom is -0.468 e. The highest BCUT2D eigenvalue weighted by Crippen LogP contribution is 2.28. The van der Waals surface area contributed by atoms with Crippen LogP contribution in [0.1, 0.15) is 0 Å². The molecule has 1 atom stereocenters. The molecule has 1 aliphatic heterocycles. The summed E-state index contributed by atoms with van der Waals surface area (Å²) in [7, 11) is -2.63. The molecular weight excluding hydrogens is 386 g/mol. The molecule has 0 amide bonds. The molecule has 0 radical (unpaired) electrons. The van der Waals surface area contributed by atoms with Crippen molar-refractivity contribution in [1.82, 2.24) is 4.31 Å². The zero-order chi connectivity index (χ0) is 15.6. The van der Waals surface area contributed by atoms with Crippen molar-refractivity contribution in [2.24, 2.45) is 0 Å². The van der Waals surface area contributed by atoms with Crippen LogP contribution in [-0.4, -0.2) is 51.6 Å².